The first-order valence-electron chi connectivity index (χ1n) is 4.83. The van der Waals surface area contributed by atoms with Gasteiger partial charge in [0.15, 0.2) is 0 Å². The van der Waals surface area contributed by atoms with Gasteiger partial charge < -0.3 is 10.4 Å². The molecule has 0 aromatic carbocycles. The van der Waals surface area contributed by atoms with Gasteiger partial charge in [0.1, 0.15) is 0 Å². The van der Waals surface area contributed by atoms with Gasteiger partial charge in [0, 0.05) is 18.3 Å². The molecule has 0 radical (unpaired) electrons. The molecule has 2 N–H and O–H groups in total. The molecule has 14 heavy (non-hydrogen) atoms. The second kappa shape index (κ2) is 4.11. The lowest BCUT2D eigenvalue weighted by Crippen LogP contribution is -2.22. The number of hydrogen-bond acceptors (Lipinski definition) is 3. The second-order valence-electron chi connectivity index (χ2n) is 4.46. The van der Waals surface area contributed by atoms with Crippen molar-refractivity contribution in [2.45, 2.75) is 32.4 Å². The van der Waals surface area contributed by atoms with E-state index >= 15 is 0 Å². The summed E-state index contributed by atoms with van der Waals surface area (Å²) in [6.45, 7) is 6.78. The molecular weight excluding hydrogens is 178 g/mol. The number of likely N-dealkylation sites (N-methyl/N-ethyl adjacent to an activating group) is 1. The van der Waals surface area contributed by atoms with Crippen molar-refractivity contribution in [3.63, 3.8) is 0 Å². The van der Waals surface area contributed by atoms with Gasteiger partial charge in [-0.2, -0.15) is 5.10 Å². The van der Waals surface area contributed by atoms with Crippen LogP contribution in [0.1, 0.15) is 32.4 Å². The molecule has 0 spiro atoms. The zero-order valence-corrected chi connectivity index (χ0v) is 9.28. The summed E-state index contributed by atoms with van der Waals surface area (Å²) in [7, 11) is 1.82. The highest BCUT2D eigenvalue weighted by Gasteiger charge is 2.16. The van der Waals surface area contributed by atoms with Gasteiger partial charge in [-0.3, -0.25) is 4.68 Å². The fourth-order valence-electron chi connectivity index (χ4n) is 1.19. The van der Waals surface area contributed by atoms with Crippen molar-refractivity contribution >= 4 is 0 Å². The molecule has 4 heteroatoms. The van der Waals surface area contributed by atoms with Crippen molar-refractivity contribution in [1.29, 1.82) is 0 Å². The van der Waals surface area contributed by atoms with E-state index in [9.17, 15) is 5.11 Å². The molecule has 1 heterocycles. The van der Waals surface area contributed by atoms with Gasteiger partial charge >= 0.3 is 0 Å². The fourth-order valence-corrected chi connectivity index (χ4v) is 1.19. The summed E-state index contributed by atoms with van der Waals surface area (Å²) in [5.41, 5.74) is 0.826. The Hall–Kier alpha value is -0.870. The van der Waals surface area contributed by atoms with Crippen LogP contribution in [0.25, 0.3) is 0 Å². The number of aromatic nitrogens is 2. The third kappa shape index (κ3) is 2.56. The average Bonchev–Trinajstić information content (AvgIpc) is 2.51. The number of nitrogens with one attached hydrogen (secondary N) is 1. The van der Waals surface area contributed by atoms with Gasteiger partial charge in [0.2, 0.25) is 0 Å². The molecule has 0 saturated heterocycles. The number of hydrogen-bond donors (Lipinski definition) is 2. The lowest BCUT2D eigenvalue weighted by Gasteiger charge is -2.18. The van der Waals surface area contributed by atoms with E-state index < -0.39 is 6.10 Å². The molecule has 4 nitrogen and oxygen atoms in total. The average molecular weight is 197 g/mol. The van der Waals surface area contributed by atoms with E-state index in [1.54, 1.807) is 6.20 Å². The molecule has 0 aliphatic carbocycles. The second-order valence-corrected chi connectivity index (χ2v) is 4.46. The lowest BCUT2D eigenvalue weighted by atomic mass is 10.1. The maximum Gasteiger partial charge on any atom is 0.0944 e. The van der Waals surface area contributed by atoms with E-state index in [2.05, 4.69) is 31.2 Å². The molecular formula is C10H19N3O. The van der Waals surface area contributed by atoms with Gasteiger partial charge in [-0.25, -0.2) is 0 Å². The Morgan fingerprint density at radius 2 is 2.21 bits per heavy atom. The van der Waals surface area contributed by atoms with Crippen molar-refractivity contribution < 1.29 is 5.11 Å². The molecule has 1 unspecified atom stereocenters. The van der Waals surface area contributed by atoms with Crippen LogP contribution in [-0.4, -0.2) is 28.5 Å². The van der Waals surface area contributed by atoms with Crippen molar-refractivity contribution in [2.24, 2.45) is 0 Å². The molecule has 0 aliphatic heterocycles. The molecule has 0 fully saturated rings. The third-order valence-electron chi connectivity index (χ3n) is 2.07. The van der Waals surface area contributed by atoms with Crippen molar-refractivity contribution in [1.82, 2.24) is 15.1 Å². The van der Waals surface area contributed by atoms with Crippen LogP contribution in [-0.2, 0) is 5.54 Å². The molecule has 0 aliphatic rings. The Morgan fingerprint density at radius 1 is 1.57 bits per heavy atom. The Labute approximate surface area is 84.9 Å². The summed E-state index contributed by atoms with van der Waals surface area (Å²) in [4.78, 5) is 0. The van der Waals surface area contributed by atoms with Crippen LogP contribution in [0, 0.1) is 0 Å². The first-order chi connectivity index (χ1) is 6.45. The Balaban J connectivity index is 2.78. The van der Waals surface area contributed by atoms with Crippen molar-refractivity contribution in [3.05, 3.63) is 18.0 Å². The standard InChI is InChI=1S/C10H19N3O/c1-10(2,3)13-7-8(5-12-13)9(14)6-11-4/h5,7,9,11,14H,6H2,1-4H3. The Morgan fingerprint density at radius 3 is 2.64 bits per heavy atom. The Kier molecular flexibility index (Phi) is 3.29. The minimum Gasteiger partial charge on any atom is -0.387 e. The van der Waals surface area contributed by atoms with Crippen molar-refractivity contribution in [2.75, 3.05) is 13.6 Å². The van der Waals surface area contributed by atoms with Gasteiger partial charge in [-0.05, 0) is 27.8 Å². The molecule has 1 atom stereocenters. The monoisotopic (exact) mass is 197 g/mol. The smallest absolute Gasteiger partial charge is 0.0944 e. The number of rotatable bonds is 3. The predicted molar refractivity (Wildman–Crippen MR) is 56.1 cm³/mol. The van der Waals surface area contributed by atoms with E-state index in [1.165, 1.54) is 0 Å². The molecule has 0 bridgehead atoms. The van der Waals surface area contributed by atoms with Crippen LogP contribution in [0.4, 0.5) is 0 Å². The normalized spacial score (nSPS) is 14.4. The fraction of sp³-hybridized carbons (Fsp3) is 0.700. The maximum atomic E-state index is 9.68. The van der Waals surface area contributed by atoms with Crippen LogP contribution < -0.4 is 5.32 Å². The first-order valence-corrected chi connectivity index (χ1v) is 4.83. The molecule has 0 amide bonds. The van der Waals surface area contributed by atoms with Crippen LogP contribution in [0.5, 0.6) is 0 Å². The number of aliphatic hydroxyl groups is 1. The van der Waals surface area contributed by atoms with E-state index in [0.29, 0.717) is 6.54 Å². The zero-order chi connectivity index (χ0) is 10.8. The highest BCUT2D eigenvalue weighted by atomic mass is 16.3. The lowest BCUT2D eigenvalue weighted by molar-refractivity contribution is 0.177. The molecule has 1 aromatic rings. The zero-order valence-electron chi connectivity index (χ0n) is 9.28. The van der Waals surface area contributed by atoms with E-state index in [1.807, 2.05) is 17.9 Å². The van der Waals surface area contributed by atoms with Gasteiger partial charge in [0.25, 0.3) is 0 Å². The van der Waals surface area contributed by atoms with E-state index in [4.69, 9.17) is 0 Å². The topological polar surface area (TPSA) is 50.1 Å². The SMILES string of the molecule is CNCC(O)c1cnn(C(C)(C)C)c1. The van der Waals surface area contributed by atoms with Crippen LogP contribution in [0.15, 0.2) is 12.4 Å². The summed E-state index contributed by atoms with van der Waals surface area (Å²) in [6, 6.07) is 0. The predicted octanol–water partition coefficient (Wildman–Crippen LogP) is 0.891. The summed E-state index contributed by atoms with van der Waals surface area (Å²) in [6.07, 6.45) is 3.13. The number of aliphatic hydroxyl groups excluding tert-OH is 1. The summed E-state index contributed by atoms with van der Waals surface area (Å²) in [5, 5.41) is 16.8. The molecule has 1 aromatic heterocycles. The molecule has 1 rings (SSSR count). The van der Waals surface area contributed by atoms with Crippen LogP contribution >= 0.6 is 0 Å². The van der Waals surface area contributed by atoms with E-state index in [-0.39, 0.29) is 5.54 Å². The van der Waals surface area contributed by atoms with Gasteiger partial charge in [-0.1, -0.05) is 0 Å². The number of nitrogens with zero attached hydrogens (tertiary/aromatic N) is 2. The van der Waals surface area contributed by atoms with Crippen molar-refractivity contribution in [3.8, 4) is 0 Å². The first kappa shape index (κ1) is 11.2. The third-order valence-corrected chi connectivity index (χ3v) is 2.07. The molecule has 80 valence electrons. The molecule has 0 saturated carbocycles. The van der Waals surface area contributed by atoms with Gasteiger partial charge in [0.05, 0.1) is 17.8 Å². The Bertz CT molecular complexity index is 288. The largest absolute Gasteiger partial charge is 0.387 e. The summed E-state index contributed by atoms with van der Waals surface area (Å²) in [5.74, 6) is 0. The van der Waals surface area contributed by atoms with Crippen LogP contribution in [0.3, 0.4) is 0 Å². The van der Waals surface area contributed by atoms with Gasteiger partial charge in [-0.15, -0.1) is 0 Å². The quantitative estimate of drug-likeness (QED) is 0.756. The summed E-state index contributed by atoms with van der Waals surface area (Å²) >= 11 is 0. The maximum absolute atomic E-state index is 9.68. The van der Waals surface area contributed by atoms with E-state index in [0.717, 1.165) is 5.56 Å². The highest BCUT2D eigenvalue weighted by molar-refractivity contribution is 5.09. The minimum absolute atomic E-state index is 0.0301. The highest BCUT2D eigenvalue weighted by Crippen LogP contribution is 2.16. The summed E-state index contributed by atoms with van der Waals surface area (Å²) < 4.78 is 1.86. The minimum atomic E-state index is -0.476. The van der Waals surface area contributed by atoms with Crippen LogP contribution in [0.2, 0.25) is 0 Å².